The number of carbonyl (C=O) groups is 1. The van der Waals surface area contributed by atoms with E-state index in [1.54, 1.807) is 32.9 Å². The third kappa shape index (κ3) is 9.01. The Morgan fingerprint density at radius 2 is 1.75 bits per heavy atom. The van der Waals surface area contributed by atoms with Gasteiger partial charge in [0.1, 0.15) is 29.4 Å². The smallest absolute Gasteiger partial charge is 0.407 e. The number of amides is 1. The molecule has 1 aromatic heterocycles. The summed E-state index contributed by atoms with van der Waals surface area (Å²) >= 11 is 0. The van der Waals surface area contributed by atoms with Gasteiger partial charge in [0.25, 0.3) is 10.1 Å². The first-order valence-electron chi connectivity index (χ1n) is 11.5. The van der Waals surface area contributed by atoms with Gasteiger partial charge < -0.3 is 19.2 Å². The van der Waals surface area contributed by atoms with Gasteiger partial charge in [-0.05, 0) is 63.9 Å². The molecule has 10 heteroatoms. The van der Waals surface area contributed by atoms with E-state index >= 15 is 0 Å². The van der Waals surface area contributed by atoms with Gasteiger partial charge in [0.05, 0.1) is 18.9 Å². The Bertz CT molecular complexity index is 1250. The van der Waals surface area contributed by atoms with Crippen molar-refractivity contribution in [3.05, 3.63) is 71.6 Å². The number of carbonyl (C=O) groups excluding carboxylic acids is 1. The number of benzene rings is 2. The van der Waals surface area contributed by atoms with Crippen LogP contribution in [-0.4, -0.2) is 44.0 Å². The maximum atomic E-state index is 12.2. The van der Waals surface area contributed by atoms with E-state index in [1.165, 1.54) is 0 Å². The Kier molecular flexibility index (Phi) is 8.75. The SMILES string of the molecule is Cc1oc(-c2ccccc2)nc1COc1ccc(C[C@@H](COS(C)(=O)=O)NC(=O)OC(C)(C)C)cc1. The van der Waals surface area contributed by atoms with Crippen LogP contribution in [0.25, 0.3) is 11.5 Å². The highest BCUT2D eigenvalue weighted by molar-refractivity contribution is 7.85. The fourth-order valence-corrected chi connectivity index (χ4v) is 3.67. The molecule has 0 spiro atoms. The molecule has 0 saturated carbocycles. The summed E-state index contributed by atoms with van der Waals surface area (Å²) in [7, 11) is -3.67. The monoisotopic (exact) mass is 516 g/mol. The molecule has 1 amide bonds. The molecule has 1 N–H and O–H groups in total. The van der Waals surface area contributed by atoms with Crippen LogP contribution in [-0.2, 0) is 32.1 Å². The summed E-state index contributed by atoms with van der Waals surface area (Å²) in [6, 6.07) is 16.3. The molecule has 36 heavy (non-hydrogen) atoms. The van der Waals surface area contributed by atoms with Crippen molar-refractivity contribution in [2.24, 2.45) is 0 Å². The molecule has 0 aliphatic heterocycles. The summed E-state index contributed by atoms with van der Waals surface area (Å²) < 4.78 is 44.7. The van der Waals surface area contributed by atoms with Crippen molar-refractivity contribution in [1.82, 2.24) is 10.3 Å². The Morgan fingerprint density at radius 1 is 1.08 bits per heavy atom. The largest absolute Gasteiger partial charge is 0.487 e. The van der Waals surface area contributed by atoms with Gasteiger partial charge in [-0.2, -0.15) is 8.42 Å². The zero-order valence-electron chi connectivity index (χ0n) is 21.1. The first-order chi connectivity index (χ1) is 16.9. The van der Waals surface area contributed by atoms with Gasteiger partial charge in [0.15, 0.2) is 0 Å². The second-order valence-electron chi connectivity index (χ2n) is 9.36. The van der Waals surface area contributed by atoms with E-state index in [1.807, 2.05) is 49.4 Å². The predicted molar refractivity (Wildman–Crippen MR) is 135 cm³/mol. The molecule has 9 nitrogen and oxygen atoms in total. The van der Waals surface area contributed by atoms with Gasteiger partial charge in [-0.1, -0.05) is 30.3 Å². The second kappa shape index (κ2) is 11.6. The molecule has 0 saturated heterocycles. The highest BCUT2D eigenvalue weighted by atomic mass is 32.2. The number of alkyl carbamates (subject to hydrolysis) is 1. The summed E-state index contributed by atoms with van der Waals surface area (Å²) in [4.78, 5) is 16.7. The Labute approximate surface area is 211 Å². The lowest BCUT2D eigenvalue weighted by molar-refractivity contribution is 0.0488. The van der Waals surface area contributed by atoms with Gasteiger partial charge in [0.2, 0.25) is 5.89 Å². The van der Waals surface area contributed by atoms with Crippen molar-refractivity contribution in [3.63, 3.8) is 0 Å². The van der Waals surface area contributed by atoms with Crippen LogP contribution in [0.1, 0.15) is 37.8 Å². The van der Waals surface area contributed by atoms with Crippen molar-refractivity contribution < 1.29 is 31.3 Å². The predicted octanol–water partition coefficient (Wildman–Crippen LogP) is 4.64. The minimum Gasteiger partial charge on any atom is -0.487 e. The molecule has 2 aromatic carbocycles. The summed E-state index contributed by atoms with van der Waals surface area (Å²) in [5, 5.41) is 2.68. The van der Waals surface area contributed by atoms with Crippen LogP contribution in [0.15, 0.2) is 59.0 Å². The minimum atomic E-state index is -3.67. The molecule has 0 aliphatic rings. The van der Waals surface area contributed by atoms with Gasteiger partial charge in [-0.25, -0.2) is 9.78 Å². The number of nitrogens with one attached hydrogen (secondary N) is 1. The number of rotatable bonds is 10. The standard InChI is InChI=1S/C26H32N2O7S/c1-18-23(28-24(34-18)20-9-7-6-8-10-20)17-32-22-13-11-19(12-14-22)15-21(16-33-36(5,30)31)27-25(29)35-26(2,3)4/h6-14,21H,15-17H2,1-5H3,(H,27,29)/t21-/m0/s1. The average molecular weight is 517 g/mol. The Morgan fingerprint density at radius 3 is 2.36 bits per heavy atom. The molecule has 0 fully saturated rings. The lowest BCUT2D eigenvalue weighted by Crippen LogP contribution is -2.43. The number of hydrogen-bond donors (Lipinski definition) is 1. The van der Waals surface area contributed by atoms with Crippen LogP contribution in [0.2, 0.25) is 0 Å². The molecule has 0 bridgehead atoms. The lowest BCUT2D eigenvalue weighted by atomic mass is 10.1. The van der Waals surface area contributed by atoms with Crippen LogP contribution >= 0.6 is 0 Å². The lowest BCUT2D eigenvalue weighted by Gasteiger charge is -2.23. The van der Waals surface area contributed by atoms with Gasteiger partial charge in [-0.15, -0.1) is 0 Å². The van der Waals surface area contributed by atoms with Crippen LogP contribution in [0.5, 0.6) is 5.75 Å². The van der Waals surface area contributed by atoms with E-state index in [9.17, 15) is 13.2 Å². The zero-order chi connectivity index (χ0) is 26.3. The number of ether oxygens (including phenoxy) is 2. The van der Waals surface area contributed by atoms with E-state index in [4.69, 9.17) is 18.1 Å². The van der Waals surface area contributed by atoms with Crippen molar-refractivity contribution in [1.29, 1.82) is 0 Å². The van der Waals surface area contributed by atoms with Gasteiger partial charge in [0, 0.05) is 5.56 Å². The molecule has 0 unspecified atom stereocenters. The molecule has 194 valence electrons. The number of hydrogen-bond acceptors (Lipinski definition) is 8. The fourth-order valence-electron chi connectivity index (χ4n) is 3.26. The normalized spacial score (nSPS) is 12.7. The van der Waals surface area contributed by atoms with Crippen molar-refractivity contribution in [2.75, 3.05) is 12.9 Å². The molecule has 0 aliphatic carbocycles. The summed E-state index contributed by atoms with van der Waals surface area (Å²) in [6.07, 6.45) is 0.642. The topological polar surface area (TPSA) is 117 Å². The number of aryl methyl sites for hydroxylation is 1. The molecule has 0 radical (unpaired) electrons. The molecular formula is C26H32N2O7S. The molecule has 1 atom stereocenters. The highest BCUT2D eigenvalue weighted by Gasteiger charge is 2.21. The molecule has 3 rings (SSSR count). The van der Waals surface area contributed by atoms with E-state index in [0.29, 0.717) is 29.5 Å². The maximum absolute atomic E-state index is 12.2. The quantitative estimate of drug-likeness (QED) is 0.387. The second-order valence-corrected chi connectivity index (χ2v) is 11.0. The average Bonchev–Trinajstić information content (AvgIpc) is 3.16. The van der Waals surface area contributed by atoms with Crippen LogP contribution < -0.4 is 10.1 Å². The first-order valence-corrected chi connectivity index (χ1v) is 13.3. The van der Waals surface area contributed by atoms with Crippen LogP contribution in [0.3, 0.4) is 0 Å². The number of aromatic nitrogens is 1. The first kappa shape index (κ1) is 27.2. The summed E-state index contributed by atoms with van der Waals surface area (Å²) in [5.41, 5.74) is 1.77. The highest BCUT2D eigenvalue weighted by Crippen LogP contribution is 2.23. The minimum absolute atomic E-state index is 0.217. The van der Waals surface area contributed by atoms with E-state index in [0.717, 1.165) is 17.4 Å². The number of oxazole rings is 1. The van der Waals surface area contributed by atoms with E-state index in [2.05, 4.69) is 10.3 Å². The number of nitrogens with zero attached hydrogens (tertiary/aromatic N) is 1. The maximum Gasteiger partial charge on any atom is 0.407 e. The summed E-state index contributed by atoms with van der Waals surface area (Å²) in [5.74, 6) is 1.86. The van der Waals surface area contributed by atoms with Crippen molar-refractivity contribution in [2.45, 2.75) is 52.4 Å². The third-order valence-electron chi connectivity index (χ3n) is 4.90. The van der Waals surface area contributed by atoms with Crippen molar-refractivity contribution >= 4 is 16.2 Å². The zero-order valence-corrected chi connectivity index (χ0v) is 21.9. The molecular weight excluding hydrogens is 484 g/mol. The Hall–Kier alpha value is -3.37. The molecule has 3 aromatic rings. The summed E-state index contributed by atoms with van der Waals surface area (Å²) in [6.45, 7) is 7.11. The van der Waals surface area contributed by atoms with E-state index < -0.39 is 27.9 Å². The Balaban J connectivity index is 1.61. The van der Waals surface area contributed by atoms with Crippen molar-refractivity contribution in [3.8, 4) is 17.2 Å². The van der Waals surface area contributed by atoms with Gasteiger partial charge >= 0.3 is 6.09 Å². The van der Waals surface area contributed by atoms with E-state index in [-0.39, 0.29) is 13.2 Å². The van der Waals surface area contributed by atoms with Crippen LogP contribution in [0.4, 0.5) is 4.79 Å². The fraction of sp³-hybridized carbons (Fsp3) is 0.385. The van der Waals surface area contributed by atoms with Gasteiger partial charge in [-0.3, -0.25) is 4.18 Å². The van der Waals surface area contributed by atoms with Crippen LogP contribution in [0, 0.1) is 6.92 Å². The third-order valence-corrected chi connectivity index (χ3v) is 5.46. The molecule has 1 heterocycles.